The topological polar surface area (TPSA) is 38.7 Å². The molecule has 0 radical (unpaired) electrons. The number of rotatable bonds is 2. The Balaban J connectivity index is 2.38. The number of fused-ring (bicyclic) bond motifs is 1. The van der Waals surface area contributed by atoms with E-state index in [1.54, 1.807) is 13.2 Å². The third kappa shape index (κ3) is 1.42. The summed E-state index contributed by atoms with van der Waals surface area (Å²) in [7, 11) is 1.65. The lowest BCUT2D eigenvalue weighted by Crippen LogP contribution is -1.89. The average Bonchev–Trinajstić information content (AvgIpc) is 2.61. The van der Waals surface area contributed by atoms with Crippen molar-refractivity contribution < 1.29 is 9.53 Å². The first-order valence-electron chi connectivity index (χ1n) is 4.59. The minimum absolute atomic E-state index is 0.00778. The Bertz CT molecular complexity index is 394. The van der Waals surface area contributed by atoms with Crippen molar-refractivity contribution in [1.29, 1.82) is 0 Å². The fraction of sp³-hybridized carbons (Fsp3) is 0.364. The molecule has 1 aromatic rings. The third-order valence-electron chi connectivity index (χ3n) is 2.60. The number of isocyanates is 1. The molecule has 1 atom stereocenters. The molecular formula is C11H11NO2. The molecule has 1 aliphatic rings. The normalized spacial score (nSPS) is 18.5. The number of ether oxygens (including phenoxy) is 1. The van der Waals surface area contributed by atoms with E-state index in [1.165, 1.54) is 5.56 Å². The minimum atomic E-state index is 0.00778. The second-order valence-corrected chi connectivity index (χ2v) is 3.34. The van der Waals surface area contributed by atoms with Crippen LogP contribution >= 0.6 is 0 Å². The van der Waals surface area contributed by atoms with E-state index in [0.717, 1.165) is 24.2 Å². The van der Waals surface area contributed by atoms with E-state index >= 15 is 0 Å². The molecule has 2 rings (SSSR count). The van der Waals surface area contributed by atoms with Crippen LogP contribution in [0.2, 0.25) is 0 Å². The molecule has 14 heavy (non-hydrogen) atoms. The van der Waals surface area contributed by atoms with Crippen molar-refractivity contribution in [1.82, 2.24) is 0 Å². The molecule has 0 fully saturated rings. The summed E-state index contributed by atoms with van der Waals surface area (Å²) in [5, 5.41) is 0. The van der Waals surface area contributed by atoms with Crippen LogP contribution in [0.5, 0.6) is 5.75 Å². The van der Waals surface area contributed by atoms with Gasteiger partial charge in [0.2, 0.25) is 6.08 Å². The van der Waals surface area contributed by atoms with Crippen LogP contribution in [-0.4, -0.2) is 13.2 Å². The molecule has 0 aromatic heterocycles. The number of aliphatic imine (C=N–C) groups is 1. The molecule has 3 nitrogen and oxygen atoms in total. The standard InChI is InChI=1S/C11H11NO2/c1-14-9-3-4-10-8(6-9)2-5-11(10)12-7-13/h3-4,6,11H,2,5H2,1H3. The van der Waals surface area contributed by atoms with Gasteiger partial charge in [-0.3, -0.25) is 0 Å². The van der Waals surface area contributed by atoms with Gasteiger partial charge in [-0.2, -0.15) is 4.99 Å². The number of methoxy groups -OCH3 is 1. The first kappa shape index (κ1) is 8.97. The summed E-state index contributed by atoms with van der Waals surface area (Å²) in [5.41, 5.74) is 2.36. The zero-order valence-electron chi connectivity index (χ0n) is 7.99. The van der Waals surface area contributed by atoms with Crippen LogP contribution in [0.4, 0.5) is 0 Å². The number of hydrogen-bond donors (Lipinski definition) is 0. The highest BCUT2D eigenvalue weighted by Crippen LogP contribution is 2.35. The van der Waals surface area contributed by atoms with Crippen LogP contribution in [0, 0.1) is 0 Å². The van der Waals surface area contributed by atoms with Gasteiger partial charge in [-0.1, -0.05) is 6.07 Å². The summed E-state index contributed by atoms with van der Waals surface area (Å²) in [6.45, 7) is 0. The van der Waals surface area contributed by atoms with Gasteiger partial charge in [-0.05, 0) is 36.1 Å². The van der Waals surface area contributed by atoms with Gasteiger partial charge < -0.3 is 4.74 Å². The summed E-state index contributed by atoms with van der Waals surface area (Å²) in [6, 6.07) is 5.90. The highest BCUT2D eigenvalue weighted by Gasteiger charge is 2.21. The molecule has 0 N–H and O–H groups in total. The molecule has 0 aliphatic heterocycles. The van der Waals surface area contributed by atoms with Crippen molar-refractivity contribution in [2.24, 2.45) is 4.99 Å². The molecule has 72 valence electrons. The lowest BCUT2D eigenvalue weighted by atomic mass is 10.1. The maximum atomic E-state index is 10.2. The van der Waals surface area contributed by atoms with E-state index < -0.39 is 0 Å². The Morgan fingerprint density at radius 2 is 2.43 bits per heavy atom. The van der Waals surface area contributed by atoms with Crippen LogP contribution in [-0.2, 0) is 11.2 Å². The minimum Gasteiger partial charge on any atom is -0.497 e. The van der Waals surface area contributed by atoms with E-state index in [0.29, 0.717) is 0 Å². The van der Waals surface area contributed by atoms with Crippen LogP contribution in [0.1, 0.15) is 23.6 Å². The summed E-state index contributed by atoms with van der Waals surface area (Å²) >= 11 is 0. The number of aryl methyl sites for hydroxylation is 1. The zero-order chi connectivity index (χ0) is 9.97. The van der Waals surface area contributed by atoms with Crippen molar-refractivity contribution in [3.63, 3.8) is 0 Å². The Morgan fingerprint density at radius 1 is 1.57 bits per heavy atom. The number of nitrogens with zero attached hydrogens (tertiary/aromatic N) is 1. The largest absolute Gasteiger partial charge is 0.497 e. The Kier molecular flexibility index (Phi) is 2.33. The van der Waals surface area contributed by atoms with Gasteiger partial charge in [0.25, 0.3) is 0 Å². The molecule has 1 aromatic carbocycles. The average molecular weight is 189 g/mol. The summed E-state index contributed by atoms with van der Waals surface area (Å²) in [4.78, 5) is 14.0. The number of hydrogen-bond acceptors (Lipinski definition) is 3. The van der Waals surface area contributed by atoms with Crippen molar-refractivity contribution >= 4 is 6.08 Å². The summed E-state index contributed by atoms with van der Waals surface area (Å²) in [5.74, 6) is 0.861. The van der Waals surface area contributed by atoms with Crippen LogP contribution in [0.25, 0.3) is 0 Å². The molecule has 1 aliphatic carbocycles. The second-order valence-electron chi connectivity index (χ2n) is 3.34. The van der Waals surface area contributed by atoms with Gasteiger partial charge in [0.05, 0.1) is 13.2 Å². The van der Waals surface area contributed by atoms with Crippen LogP contribution in [0.15, 0.2) is 23.2 Å². The quantitative estimate of drug-likeness (QED) is 0.527. The van der Waals surface area contributed by atoms with E-state index in [4.69, 9.17) is 4.74 Å². The smallest absolute Gasteiger partial charge is 0.235 e. The molecule has 0 spiro atoms. The SMILES string of the molecule is COc1ccc2c(c1)CCC2N=C=O. The summed E-state index contributed by atoms with van der Waals surface area (Å²) < 4.78 is 5.13. The highest BCUT2D eigenvalue weighted by atomic mass is 16.5. The van der Waals surface area contributed by atoms with Gasteiger partial charge in [-0.15, -0.1) is 0 Å². The Morgan fingerprint density at radius 3 is 3.14 bits per heavy atom. The monoisotopic (exact) mass is 189 g/mol. The van der Waals surface area contributed by atoms with Gasteiger partial charge in [-0.25, -0.2) is 4.79 Å². The highest BCUT2D eigenvalue weighted by molar-refractivity contribution is 5.43. The van der Waals surface area contributed by atoms with E-state index in [2.05, 4.69) is 4.99 Å². The van der Waals surface area contributed by atoms with Crippen molar-refractivity contribution in [2.75, 3.05) is 7.11 Å². The van der Waals surface area contributed by atoms with Crippen LogP contribution in [0.3, 0.4) is 0 Å². The molecule has 0 saturated carbocycles. The van der Waals surface area contributed by atoms with Crippen LogP contribution < -0.4 is 4.74 Å². The molecule has 0 amide bonds. The summed E-state index contributed by atoms with van der Waals surface area (Å²) in [6.07, 6.45) is 3.48. The van der Waals surface area contributed by atoms with Crippen molar-refractivity contribution in [2.45, 2.75) is 18.9 Å². The molecule has 0 saturated heterocycles. The first-order valence-corrected chi connectivity index (χ1v) is 4.59. The Labute approximate surface area is 82.4 Å². The van der Waals surface area contributed by atoms with E-state index in [-0.39, 0.29) is 6.04 Å². The second kappa shape index (κ2) is 3.64. The molecule has 1 unspecified atom stereocenters. The van der Waals surface area contributed by atoms with Gasteiger partial charge in [0.15, 0.2) is 0 Å². The number of carbonyl (C=O) groups excluding carboxylic acids is 1. The van der Waals surface area contributed by atoms with Gasteiger partial charge in [0.1, 0.15) is 5.75 Å². The number of benzene rings is 1. The Hall–Kier alpha value is -1.60. The maximum absolute atomic E-state index is 10.2. The molecule has 3 heteroatoms. The van der Waals surface area contributed by atoms with E-state index in [9.17, 15) is 4.79 Å². The molecular weight excluding hydrogens is 178 g/mol. The maximum Gasteiger partial charge on any atom is 0.235 e. The van der Waals surface area contributed by atoms with Crippen molar-refractivity contribution in [3.8, 4) is 5.75 Å². The lowest BCUT2D eigenvalue weighted by Gasteiger charge is -2.05. The lowest BCUT2D eigenvalue weighted by molar-refractivity contribution is 0.414. The van der Waals surface area contributed by atoms with Gasteiger partial charge >= 0.3 is 0 Å². The third-order valence-corrected chi connectivity index (χ3v) is 2.60. The van der Waals surface area contributed by atoms with Crippen molar-refractivity contribution in [3.05, 3.63) is 29.3 Å². The predicted molar refractivity (Wildman–Crippen MR) is 52.2 cm³/mol. The fourth-order valence-electron chi connectivity index (χ4n) is 1.90. The molecule has 0 bridgehead atoms. The fourth-order valence-corrected chi connectivity index (χ4v) is 1.90. The first-order chi connectivity index (χ1) is 6.85. The van der Waals surface area contributed by atoms with E-state index in [1.807, 2.05) is 18.2 Å². The van der Waals surface area contributed by atoms with Gasteiger partial charge in [0, 0.05) is 0 Å². The molecule has 0 heterocycles. The predicted octanol–water partition coefficient (Wildman–Crippen LogP) is 2.02. The zero-order valence-corrected chi connectivity index (χ0v) is 7.99.